The molecule has 0 bridgehead atoms. The van der Waals surface area contributed by atoms with Crippen LogP contribution in [0.25, 0.3) is 0 Å². The molecule has 2 atom stereocenters. The third-order valence-corrected chi connectivity index (χ3v) is 2.76. The van der Waals surface area contributed by atoms with Crippen LogP contribution in [0.15, 0.2) is 30.3 Å². The van der Waals surface area contributed by atoms with E-state index < -0.39 is 17.9 Å². The monoisotopic (exact) mass is 250 g/mol. The predicted octanol–water partition coefficient (Wildman–Crippen LogP) is 1.32. The van der Waals surface area contributed by atoms with Crippen molar-refractivity contribution in [3.63, 3.8) is 0 Å². The summed E-state index contributed by atoms with van der Waals surface area (Å²) in [5.41, 5.74) is 0.853. The maximum Gasteiger partial charge on any atom is 0.308 e. The second-order valence-electron chi connectivity index (χ2n) is 4.20. The van der Waals surface area contributed by atoms with Crippen LogP contribution in [0.1, 0.15) is 13.8 Å². The number of carbonyl (C=O) groups excluding carboxylic acids is 1. The third kappa shape index (κ3) is 4.45. The molecule has 0 aliphatic carbocycles. The molecule has 98 valence electrons. The highest BCUT2D eigenvalue weighted by molar-refractivity contribution is 5.81. The van der Waals surface area contributed by atoms with E-state index in [0.29, 0.717) is 0 Å². The van der Waals surface area contributed by atoms with Crippen molar-refractivity contribution in [2.75, 3.05) is 11.9 Å². The van der Waals surface area contributed by atoms with E-state index in [4.69, 9.17) is 5.11 Å². The molecule has 0 fully saturated rings. The minimum absolute atomic E-state index is 0.126. The Kier molecular flexibility index (Phi) is 5.17. The lowest BCUT2D eigenvalue weighted by molar-refractivity contribution is -0.142. The van der Waals surface area contributed by atoms with E-state index in [-0.39, 0.29) is 12.5 Å². The number of carboxylic acids is 1. The van der Waals surface area contributed by atoms with Gasteiger partial charge in [-0.25, -0.2) is 0 Å². The number of nitrogens with one attached hydrogen (secondary N) is 2. The van der Waals surface area contributed by atoms with E-state index in [9.17, 15) is 9.59 Å². The van der Waals surface area contributed by atoms with E-state index >= 15 is 0 Å². The van der Waals surface area contributed by atoms with Crippen LogP contribution in [0.5, 0.6) is 0 Å². The zero-order valence-corrected chi connectivity index (χ0v) is 10.5. The van der Waals surface area contributed by atoms with Gasteiger partial charge in [0.05, 0.1) is 12.5 Å². The first kappa shape index (κ1) is 14.0. The maximum absolute atomic E-state index is 11.6. The van der Waals surface area contributed by atoms with Gasteiger partial charge in [-0.05, 0) is 26.0 Å². The molecule has 1 rings (SSSR count). The van der Waals surface area contributed by atoms with Crippen molar-refractivity contribution in [3.8, 4) is 0 Å². The molecule has 0 saturated heterocycles. The predicted molar refractivity (Wildman–Crippen MR) is 69.3 cm³/mol. The van der Waals surface area contributed by atoms with E-state index in [1.54, 1.807) is 13.8 Å². The largest absolute Gasteiger partial charge is 0.481 e. The lowest BCUT2D eigenvalue weighted by Gasteiger charge is -2.18. The van der Waals surface area contributed by atoms with Crippen LogP contribution in [-0.2, 0) is 9.59 Å². The van der Waals surface area contributed by atoms with Crippen molar-refractivity contribution in [3.05, 3.63) is 30.3 Å². The summed E-state index contributed by atoms with van der Waals surface area (Å²) in [5, 5.41) is 14.4. The van der Waals surface area contributed by atoms with Gasteiger partial charge in [0.25, 0.3) is 0 Å². The normalized spacial score (nSPS) is 13.4. The summed E-state index contributed by atoms with van der Waals surface area (Å²) < 4.78 is 0. The van der Waals surface area contributed by atoms with Crippen molar-refractivity contribution >= 4 is 17.6 Å². The zero-order chi connectivity index (χ0) is 13.5. The fourth-order valence-corrected chi connectivity index (χ4v) is 1.38. The molecule has 0 saturated carbocycles. The Labute approximate surface area is 106 Å². The average Bonchev–Trinajstić information content (AvgIpc) is 2.36. The van der Waals surface area contributed by atoms with Crippen LogP contribution in [0.2, 0.25) is 0 Å². The van der Waals surface area contributed by atoms with E-state index in [1.165, 1.54) is 0 Å². The van der Waals surface area contributed by atoms with Gasteiger partial charge in [-0.3, -0.25) is 9.59 Å². The highest BCUT2D eigenvalue weighted by Crippen LogP contribution is 2.05. The molecule has 5 heteroatoms. The average molecular weight is 250 g/mol. The smallest absolute Gasteiger partial charge is 0.308 e. The molecule has 5 nitrogen and oxygen atoms in total. The summed E-state index contributed by atoms with van der Waals surface area (Å²) in [6, 6.07) is 8.95. The summed E-state index contributed by atoms with van der Waals surface area (Å²) in [6.45, 7) is 3.37. The molecule has 0 aromatic heterocycles. The fourth-order valence-electron chi connectivity index (χ4n) is 1.38. The lowest BCUT2D eigenvalue weighted by atomic mass is 10.0. The molecule has 0 aliphatic heterocycles. The number of aliphatic carboxylic acids is 1. The van der Waals surface area contributed by atoms with Crippen LogP contribution in [-0.4, -0.2) is 29.6 Å². The summed E-state index contributed by atoms with van der Waals surface area (Å²) in [7, 11) is 0. The summed E-state index contributed by atoms with van der Waals surface area (Å²) in [5.74, 6) is -1.75. The van der Waals surface area contributed by atoms with Gasteiger partial charge in [0.2, 0.25) is 5.91 Å². The first-order valence-corrected chi connectivity index (χ1v) is 5.82. The van der Waals surface area contributed by atoms with Gasteiger partial charge in [0, 0.05) is 11.7 Å². The van der Waals surface area contributed by atoms with Crippen molar-refractivity contribution in [2.45, 2.75) is 19.9 Å². The Bertz CT molecular complexity index is 406. The Hall–Kier alpha value is -2.04. The topological polar surface area (TPSA) is 78.4 Å². The van der Waals surface area contributed by atoms with Gasteiger partial charge in [-0.15, -0.1) is 0 Å². The van der Waals surface area contributed by atoms with Gasteiger partial charge in [0.15, 0.2) is 0 Å². The standard InChI is InChI=1S/C13H18N2O3/c1-9(13(17)18)10(2)15-12(16)8-14-11-6-4-3-5-7-11/h3-7,9-10,14H,8H2,1-2H3,(H,15,16)(H,17,18). The Morgan fingerprint density at radius 2 is 1.83 bits per heavy atom. The molecular formula is C13H18N2O3. The van der Waals surface area contributed by atoms with Crippen LogP contribution >= 0.6 is 0 Å². The van der Waals surface area contributed by atoms with Crippen molar-refractivity contribution < 1.29 is 14.7 Å². The lowest BCUT2D eigenvalue weighted by Crippen LogP contribution is -2.42. The summed E-state index contributed by atoms with van der Waals surface area (Å²) in [4.78, 5) is 22.3. The number of carboxylic acid groups (broad SMARTS) is 1. The zero-order valence-electron chi connectivity index (χ0n) is 10.5. The molecule has 1 amide bonds. The second kappa shape index (κ2) is 6.64. The van der Waals surface area contributed by atoms with E-state index in [0.717, 1.165) is 5.69 Å². The Morgan fingerprint density at radius 3 is 2.39 bits per heavy atom. The highest BCUT2D eigenvalue weighted by atomic mass is 16.4. The molecule has 1 aromatic carbocycles. The van der Waals surface area contributed by atoms with Gasteiger partial charge in [-0.2, -0.15) is 0 Å². The minimum atomic E-state index is -0.918. The molecule has 0 spiro atoms. The molecular weight excluding hydrogens is 232 g/mol. The minimum Gasteiger partial charge on any atom is -0.481 e. The molecule has 2 unspecified atom stereocenters. The number of hydrogen-bond acceptors (Lipinski definition) is 3. The Balaban J connectivity index is 2.36. The highest BCUT2D eigenvalue weighted by Gasteiger charge is 2.20. The molecule has 0 heterocycles. The molecule has 0 aliphatic rings. The van der Waals surface area contributed by atoms with Crippen LogP contribution in [0.4, 0.5) is 5.69 Å². The van der Waals surface area contributed by atoms with Crippen LogP contribution in [0, 0.1) is 5.92 Å². The number of hydrogen-bond donors (Lipinski definition) is 3. The van der Waals surface area contributed by atoms with Crippen LogP contribution < -0.4 is 10.6 Å². The second-order valence-corrected chi connectivity index (χ2v) is 4.20. The van der Waals surface area contributed by atoms with Crippen molar-refractivity contribution in [2.24, 2.45) is 5.92 Å². The van der Waals surface area contributed by atoms with Crippen molar-refractivity contribution in [1.82, 2.24) is 5.32 Å². The number of amides is 1. The maximum atomic E-state index is 11.6. The first-order valence-electron chi connectivity index (χ1n) is 5.82. The van der Waals surface area contributed by atoms with Crippen molar-refractivity contribution in [1.29, 1.82) is 0 Å². The number of carbonyl (C=O) groups is 2. The number of para-hydroxylation sites is 1. The van der Waals surface area contributed by atoms with Gasteiger partial charge in [0.1, 0.15) is 0 Å². The molecule has 18 heavy (non-hydrogen) atoms. The van der Waals surface area contributed by atoms with E-state index in [1.807, 2.05) is 30.3 Å². The van der Waals surface area contributed by atoms with Gasteiger partial charge in [-0.1, -0.05) is 18.2 Å². The SMILES string of the molecule is CC(NC(=O)CNc1ccccc1)C(C)C(=O)O. The number of anilines is 1. The molecule has 1 aromatic rings. The quantitative estimate of drug-likeness (QED) is 0.711. The van der Waals surface area contributed by atoms with E-state index in [2.05, 4.69) is 10.6 Å². The molecule has 3 N–H and O–H groups in total. The summed E-state index contributed by atoms with van der Waals surface area (Å²) >= 11 is 0. The first-order chi connectivity index (χ1) is 8.50. The fraction of sp³-hybridized carbons (Fsp3) is 0.385. The third-order valence-electron chi connectivity index (χ3n) is 2.76. The van der Waals surface area contributed by atoms with Gasteiger partial charge < -0.3 is 15.7 Å². The van der Waals surface area contributed by atoms with Crippen LogP contribution in [0.3, 0.4) is 0 Å². The van der Waals surface area contributed by atoms with Gasteiger partial charge >= 0.3 is 5.97 Å². The number of benzene rings is 1. The Morgan fingerprint density at radius 1 is 1.22 bits per heavy atom. The molecule has 0 radical (unpaired) electrons. The summed E-state index contributed by atoms with van der Waals surface area (Å²) in [6.07, 6.45) is 0. The number of rotatable bonds is 6.